The van der Waals surface area contributed by atoms with Crippen LogP contribution in [0.2, 0.25) is 0 Å². The molecule has 2 aromatic rings. The van der Waals surface area contributed by atoms with E-state index in [4.69, 9.17) is 5.73 Å². The third kappa shape index (κ3) is 2.75. The number of hydrogen-bond acceptors (Lipinski definition) is 5. The van der Waals surface area contributed by atoms with Crippen molar-refractivity contribution in [3.05, 3.63) is 41.7 Å². The highest BCUT2D eigenvalue weighted by Gasteiger charge is 2.46. The van der Waals surface area contributed by atoms with Crippen LogP contribution >= 0.6 is 0 Å². The number of nitrogens with one attached hydrogen (secondary N) is 2. The van der Waals surface area contributed by atoms with Crippen molar-refractivity contribution in [2.45, 2.75) is 37.9 Å². The highest BCUT2D eigenvalue weighted by atomic mass is 16.2. The normalized spacial score (nSPS) is 26.4. The van der Waals surface area contributed by atoms with Crippen LogP contribution in [0.3, 0.4) is 0 Å². The molecule has 3 heterocycles. The van der Waals surface area contributed by atoms with Gasteiger partial charge in [0.1, 0.15) is 5.82 Å². The van der Waals surface area contributed by atoms with Crippen molar-refractivity contribution >= 4 is 11.9 Å². The molecule has 0 aliphatic carbocycles. The SMILES string of the molecule is Nc1n[nH]c(CNC(=O)[C@@H]2C[C@H](c3ccccc3)N3CCC[C@@H]23)n1. The molecule has 0 saturated carbocycles. The molecule has 2 aliphatic heterocycles. The van der Waals surface area contributed by atoms with Gasteiger partial charge in [-0.1, -0.05) is 30.3 Å². The zero-order valence-corrected chi connectivity index (χ0v) is 13.5. The van der Waals surface area contributed by atoms with Gasteiger partial charge in [0.2, 0.25) is 11.9 Å². The summed E-state index contributed by atoms with van der Waals surface area (Å²) >= 11 is 0. The Labute approximate surface area is 140 Å². The molecule has 0 bridgehead atoms. The second-order valence-electron chi connectivity index (χ2n) is 6.57. The highest BCUT2D eigenvalue weighted by Crippen LogP contribution is 2.44. The van der Waals surface area contributed by atoms with E-state index in [1.54, 1.807) is 0 Å². The lowest BCUT2D eigenvalue weighted by Crippen LogP contribution is -2.37. The molecule has 3 atom stereocenters. The molecule has 126 valence electrons. The van der Waals surface area contributed by atoms with Crippen LogP contribution in [0.1, 0.15) is 36.7 Å². The average Bonchev–Trinajstić information content (AvgIpc) is 3.29. The standard InChI is InChI=1S/C17H22N6O/c18-17-20-15(21-22-17)10-19-16(24)12-9-14(11-5-2-1-3-6-11)23-8-4-7-13(12)23/h1-3,5-6,12-14H,4,7-10H2,(H,19,24)(H3,18,20,21,22)/t12-,13+,14-/m1/s1. The summed E-state index contributed by atoms with van der Waals surface area (Å²) in [5.74, 6) is 0.909. The molecule has 1 amide bonds. The number of amides is 1. The van der Waals surface area contributed by atoms with Crippen LogP contribution in [0.5, 0.6) is 0 Å². The van der Waals surface area contributed by atoms with Crippen LogP contribution < -0.4 is 11.1 Å². The quantitative estimate of drug-likeness (QED) is 0.784. The van der Waals surface area contributed by atoms with Crippen LogP contribution in [-0.4, -0.2) is 38.6 Å². The van der Waals surface area contributed by atoms with E-state index in [9.17, 15) is 4.79 Å². The summed E-state index contributed by atoms with van der Waals surface area (Å²) in [7, 11) is 0. The van der Waals surface area contributed by atoms with Gasteiger partial charge >= 0.3 is 0 Å². The van der Waals surface area contributed by atoms with Crippen LogP contribution in [0, 0.1) is 5.92 Å². The van der Waals surface area contributed by atoms with E-state index < -0.39 is 0 Å². The summed E-state index contributed by atoms with van der Waals surface area (Å²) in [5.41, 5.74) is 6.79. The molecular weight excluding hydrogens is 304 g/mol. The number of hydrogen-bond donors (Lipinski definition) is 3. The summed E-state index contributed by atoms with van der Waals surface area (Å²) in [6, 6.07) is 11.2. The summed E-state index contributed by atoms with van der Waals surface area (Å²) in [6.07, 6.45) is 3.13. The Hall–Kier alpha value is -2.41. The van der Waals surface area contributed by atoms with Crippen LogP contribution in [0.4, 0.5) is 5.95 Å². The first-order valence-electron chi connectivity index (χ1n) is 8.47. The average molecular weight is 326 g/mol. The number of carbonyl (C=O) groups is 1. The van der Waals surface area contributed by atoms with Crippen molar-refractivity contribution in [3.8, 4) is 0 Å². The predicted molar refractivity (Wildman–Crippen MR) is 89.7 cm³/mol. The van der Waals surface area contributed by atoms with Gasteiger partial charge in [-0.15, -0.1) is 5.10 Å². The number of rotatable bonds is 4. The minimum Gasteiger partial charge on any atom is -0.367 e. The number of nitrogens with two attached hydrogens (primary N) is 1. The van der Waals surface area contributed by atoms with Gasteiger partial charge in [-0.2, -0.15) is 4.98 Å². The lowest BCUT2D eigenvalue weighted by molar-refractivity contribution is -0.125. The van der Waals surface area contributed by atoms with Crippen LogP contribution in [0.25, 0.3) is 0 Å². The maximum Gasteiger partial charge on any atom is 0.239 e. The van der Waals surface area contributed by atoms with Crippen molar-refractivity contribution in [2.75, 3.05) is 12.3 Å². The fourth-order valence-corrected chi connectivity index (χ4v) is 4.14. The number of nitrogen functional groups attached to an aromatic ring is 1. The molecule has 0 unspecified atom stereocenters. The van der Waals surface area contributed by atoms with Crippen molar-refractivity contribution in [1.29, 1.82) is 0 Å². The van der Waals surface area contributed by atoms with Gasteiger partial charge in [-0.25, -0.2) is 0 Å². The summed E-state index contributed by atoms with van der Waals surface area (Å²) in [6.45, 7) is 1.41. The predicted octanol–water partition coefficient (Wildman–Crippen LogP) is 1.23. The molecule has 4 rings (SSSR count). The number of aromatic amines is 1. The molecule has 7 nitrogen and oxygen atoms in total. The fourth-order valence-electron chi connectivity index (χ4n) is 4.14. The minimum absolute atomic E-state index is 0.0259. The maximum atomic E-state index is 12.7. The molecule has 2 saturated heterocycles. The molecule has 0 radical (unpaired) electrons. The van der Waals surface area contributed by atoms with Crippen molar-refractivity contribution in [3.63, 3.8) is 0 Å². The molecule has 2 aliphatic rings. The van der Waals surface area contributed by atoms with E-state index in [0.717, 1.165) is 25.8 Å². The summed E-state index contributed by atoms with van der Waals surface area (Å²) in [4.78, 5) is 19.2. The molecule has 24 heavy (non-hydrogen) atoms. The Kier molecular flexibility index (Phi) is 3.93. The van der Waals surface area contributed by atoms with E-state index in [0.29, 0.717) is 24.5 Å². The van der Waals surface area contributed by atoms with Gasteiger partial charge in [0.25, 0.3) is 0 Å². The number of aromatic nitrogens is 3. The van der Waals surface area contributed by atoms with Crippen molar-refractivity contribution < 1.29 is 4.79 Å². The second kappa shape index (κ2) is 6.24. The lowest BCUT2D eigenvalue weighted by Gasteiger charge is -2.24. The number of carbonyl (C=O) groups excluding carboxylic acids is 1. The molecule has 1 aromatic carbocycles. The minimum atomic E-state index is 0.0259. The number of benzene rings is 1. The monoisotopic (exact) mass is 326 g/mol. The Balaban J connectivity index is 1.46. The topological polar surface area (TPSA) is 99.9 Å². The smallest absolute Gasteiger partial charge is 0.239 e. The molecular formula is C17H22N6O. The van der Waals surface area contributed by atoms with E-state index in [1.807, 2.05) is 6.07 Å². The third-order valence-corrected chi connectivity index (χ3v) is 5.18. The molecule has 1 aromatic heterocycles. The van der Waals surface area contributed by atoms with Gasteiger partial charge in [0.15, 0.2) is 0 Å². The first kappa shape index (κ1) is 15.1. The van der Waals surface area contributed by atoms with Gasteiger partial charge < -0.3 is 11.1 Å². The Morgan fingerprint density at radius 1 is 1.38 bits per heavy atom. The first-order chi connectivity index (χ1) is 11.7. The zero-order valence-electron chi connectivity index (χ0n) is 13.5. The van der Waals surface area contributed by atoms with Gasteiger partial charge in [-0.3, -0.25) is 14.8 Å². The summed E-state index contributed by atoms with van der Waals surface area (Å²) in [5, 5.41) is 9.48. The van der Waals surface area contributed by atoms with E-state index >= 15 is 0 Å². The van der Waals surface area contributed by atoms with E-state index in [-0.39, 0.29) is 17.8 Å². The second-order valence-corrected chi connectivity index (χ2v) is 6.57. The highest BCUT2D eigenvalue weighted by molar-refractivity contribution is 5.80. The summed E-state index contributed by atoms with van der Waals surface area (Å²) < 4.78 is 0. The Morgan fingerprint density at radius 2 is 2.21 bits per heavy atom. The lowest BCUT2D eigenvalue weighted by atomic mass is 9.93. The molecule has 0 spiro atoms. The maximum absolute atomic E-state index is 12.7. The Morgan fingerprint density at radius 3 is 2.96 bits per heavy atom. The molecule has 4 N–H and O–H groups in total. The largest absolute Gasteiger partial charge is 0.367 e. The van der Waals surface area contributed by atoms with Crippen molar-refractivity contribution in [1.82, 2.24) is 25.4 Å². The zero-order chi connectivity index (χ0) is 16.5. The number of fused-ring (bicyclic) bond motifs is 1. The Bertz CT molecular complexity index is 715. The van der Waals surface area contributed by atoms with Gasteiger partial charge in [0.05, 0.1) is 12.5 Å². The number of nitrogens with zero attached hydrogens (tertiary/aromatic N) is 3. The van der Waals surface area contributed by atoms with Crippen molar-refractivity contribution in [2.24, 2.45) is 5.92 Å². The third-order valence-electron chi connectivity index (χ3n) is 5.18. The molecule has 7 heteroatoms. The molecule has 2 fully saturated rings. The van der Waals surface area contributed by atoms with E-state index in [1.165, 1.54) is 5.56 Å². The number of anilines is 1. The first-order valence-corrected chi connectivity index (χ1v) is 8.47. The van der Waals surface area contributed by atoms with Crippen LogP contribution in [0.15, 0.2) is 30.3 Å². The van der Waals surface area contributed by atoms with Crippen LogP contribution in [-0.2, 0) is 11.3 Å². The van der Waals surface area contributed by atoms with E-state index in [2.05, 4.69) is 49.7 Å². The number of H-pyrrole nitrogens is 1. The van der Waals surface area contributed by atoms with Gasteiger partial charge in [0, 0.05) is 12.1 Å². The van der Waals surface area contributed by atoms with Gasteiger partial charge in [-0.05, 0) is 31.4 Å². The fraction of sp³-hybridized carbons (Fsp3) is 0.471.